The molecular weight excluding hydrogens is 351 g/mol. The Balaban J connectivity index is 2.35. The Morgan fingerprint density at radius 2 is 1.88 bits per heavy atom. The average molecular weight is 360 g/mol. The van der Waals surface area contributed by atoms with Crippen molar-refractivity contribution in [1.82, 2.24) is 0 Å². The molecule has 0 radical (unpaired) electrons. The second-order valence-corrected chi connectivity index (χ2v) is 4.90. The highest BCUT2D eigenvalue weighted by atomic mass is 79.9. The van der Waals surface area contributed by atoms with Gasteiger partial charge in [-0.2, -0.15) is 0 Å². The normalized spacial score (nSPS) is 10.3. The summed E-state index contributed by atoms with van der Waals surface area (Å²) in [5.74, 6) is 0.510. The number of hydrogen-bond acceptors (Lipinski definition) is 1. The van der Waals surface area contributed by atoms with E-state index in [1.807, 2.05) is 18.2 Å². The van der Waals surface area contributed by atoms with Crippen LogP contribution in [0.4, 0.5) is 4.39 Å². The Kier molecular flexibility index (Phi) is 4.18. The molecule has 0 fully saturated rings. The lowest BCUT2D eigenvalue weighted by Crippen LogP contribution is -1.93. The Morgan fingerprint density at radius 3 is 2.59 bits per heavy atom. The van der Waals surface area contributed by atoms with Gasteiger partial charge in [-0.3, -0.25) is 0 Å². The molecule has 0 N–H and O–H groups in total. The second kappa shape index (κ2) is 5.65. The van der Waals surface area contributed by atoms with Crippen molar-refractivity contribution >= 4 is 31.9 Å². The molecule has 0 saturated heterocycles. The van der Waals surface area contributed by atoms with Crippen molar-refractivity contribution in [3.8, 4) is 11.5 Å². The van der Waals surface area contributed by atoms with Crippen molar-refractivity contribution in [2.24, 2.45) is 0 Å². The van der Waals surface area contributed by atoms with Crippen LogP contribution in [0.5, 0.6) is 11.5 Å². The minimum Gasteiger partial charge on any atom is -0.454 e. The molecule has 0 aliphatic heterocycles. The van der Waals surface area contributed by atoms with E-state index in [1.165, 1.54) is 6.07 Å². The van der Waals surface area contributed by atoms with Gasteiger partial charge in [0.05, 0.1) is 0 Å². The third kappa shape index (κ3) is 3.07. The summed E-state index contributed by atoms with van der Waals surface area (Å²) in [6.45, 7) is 0. The summed E-state index contributed by atoms with van der Waals surface area (Å²) in [6.07, 6.45) is 0. The Bertz CT molecular complexity index is 529. The Morgan fingerprint density at radius 1 is 1.12 bits per heavy atom. The van der Waals surface area contributed by atoms with Gasteiger partial charge < -0.3 is 4.74 Å². The molecule has 0 aromatic heterocycles. The van der Waals surface area contributed by atoms with Gasteiger partial charge in [-0.1, -0.05) is 50.1 Å². The van der Waals surface area contributed by atoms with Crippen molar-refractivity contribution in [2.75, 3.05) is 0 Å². The summed E-state index contributed by atoms with van der Waals surface area (Å²) >= 11 is 6.66. The first kappa shape index (κ1) is 12.6. The number of halogens is 3. The van der Waals surface area contributed by atoms with Gasteiger partial charge in [-0.15, -0.1) is 0 Å². The number of para-hydroxylation sites is 1. The van der Waals surface area contributed by atoms with Crippen LogP contribution in [0.1, 0.15) is 5.56 Å². The summed E-state index contributed by atoms with van der Waals surface area (Å²) in [5.41, 5.74) is 0.782. The first-order chi connectivity index (χ1) is 8.20. The maximum Gasteiger partial charge on any atom is 0.167 e. The van der Waals surface area contributed by atoms with Crippen LogP contribution >= 0.6 is 31.9 Å². The zero-order valence-corrected chi connectivity index (χ0v) is 12.0. The fourth-order valence-corrected chi connectivity index (χ4v) is 2.24. The smallest absolute Gasteiger partial charge is 0.167 e. The number of hydrogen-bond donors (Lipinski definition) is 0. The average Bonchev–Trinajstić information content (AvgIpc) is 2.32. The van der Waals surface area contributed by atoms with E-state index in [9.17, 15) is 4.39 Å². The maximum absolute atomic E-state index is 13.7. The van der Waals surface area contributed by atoms with Crippen LogP contribution in [0.15, 0.2) is 46.9 Å². The third-order valence-corrected chi connectivity index (χ3v) is 3.31. The van der Waals surface area contributed by atoms with Gasteiger partial charge in [-0.25, -0.2) is 4.39 Å². The van der Waals surface area contributed by atoms with E-state index in [2.05, 4.69) is 31.9 Å². The largest absolute Gasteiger partial charge is 0.454 e. The van der Waals surface area contributed by atoms with Crippen LogP contribution in [0, 0.1) is 5.82 Å². The van der Waals surface area contributed by atoms with E-state index in [4.69, 9.17) is 4.74 Å². The summed E-state index contributed by atoms with van der Waals surface area (Å²) in [7, 11) is 0. The van der Waals surface area contributed by atoms with Gasteiger partial charge in [0, 0.05) is 15.4 Å². The van der Waals surface area contributed by atoms with Gasteiger partial charge >= 0.3 is 0 Å². The van der Waals surface area contributed by atoms with E-state index >= 15 is 0 Å². The molecule has 0 saturated carbocycles. The molecule has 0 aliphatic rings. The van der Waals surface area contributed by atoms with Gasteiger partial charge in [0.2, 0.25) is 0 Å². The standard InChI is InChI=1S/C13H9Br2FO/c14-8-9-3-1-6-12(16)13(9)17-11-5-2-4-10(15)7-11/h1-7H,8H2. The minimum atomic E-state index is -0.359. The summed E-state index contributed by atoms with van der Waals surface area (Å²) in [6, 6.07) is 12.2. The Labute approximate surface area is 116 Å². The Hall–Kier alpha value is -0.870. The van der Waals surface area contributed by atoms with Crippen LogP contribution in [0.2, 0.25) is 0 Å². The minimum absolute atomic E-state index is 0.266. The van der Waals surface area contributed by atoms with Crippen LogP contribution < -0.4 is 4.74 Å². The fourth-order valence-electron chi connectivity index (χ4n) is 1.42. The molecule has 2 aromatic rings. The van der Waals surface area contributed by atoms with E-state index < -0.39 is 0 Å². The molecule has 2 aromatic carbocycles. The molecule has 0 bridgehead atoms. The van der Waals surface area contributed by atoms with Crippen molar-refractivity contribution in [1.29, 1.82) is 0 Å². The molecule has 88 valence electrons. The lowest BCUT2D eigenvalue weighted by atomic mass is 10.2. The van der Waals surface area contributed by atoms with E-state index in [1.54, 1.807) is 18.2 Å². The van der Waals surface area contributed by atoms with Crippen molar-refractivity contribution in [3.05, 3.63) is 58.3 Å². The number of alkyl halides is 1. The molecule has 1 nitrogen and oxygen atoms in total. The molecule has 2 rings (SSSR count). The van der Waals surface area contributed by atoms with E-state index in [0.29, 0.717) is 11.1 Å². The van der Waals surface area contributed by atoms with Gasteiger partial charge in [0.15, 0.2) is 11.6 Å². The number of benzene rings is 2. The van der Waals surface area contributed by atoms with Gasteiger partial charge in [-0.05, 0) is 24.3 Å². The zero-order valence-electron chi connectivity index (χ0n) is 8.79. The monoisotopic (exact) mass is 358 g/mol. The van der Waals surface area contributed by atoms with Crippen LogP contribution in [-0.4, -0.2) is 0 Å². The molecule has 0 atom stereocenters. The molecular formula is C13H9Br2FO. The lowest BCUT2D eigenvalue weighted by molar-refractivity contribution is 0.438. The summed E-state index contributed by atoms with van der Waals surface area (Å²) < 4.78 is 20.1. The quantitative estimate of drug-likeness (QED) is 0.678. The van der Waals surface area contributed by atoms with Crippen LogP contribution in [-0.2, 0) is 5.33 Å². The predicted molar refractivity (Wildman–Crippen MR) is 73.2 cm³/mol. The molecule has 0 unspecified atom stereocenters. The SMILES string of the molecule is Fc1cccc(CBr)c1Oc1cccc(Br)c1. The topological polar surface area (TPSA) is 9.23 Å². The second-order valence-electron chi connectivity index (χ2n) is 3.42. The van der Waals surface area contributed by atoms with Crippen molar-refractivity contribution in [3.63, 3.8) is 0 Å². The first-order valence-electron chi connectivity index (χ1n) is 4.97. The molecule has 17 heavy (non-hydrogen) atoms. The van der Waals surface area contributed by atoms with E-state index in [-0.39, 0.29) is 11.6 Å². The highest BCUT2D eigenvalue weighted by Crippen LogP contribution is 2.30. The van der Waals surface area contributed by atoms with E-state index in [0.717, 1.165) is 10.0 Å². The van der Waals surface area contributed by atoms with Crippen molar-refractivity contribution < 1.29 is 9.13 Å². The number of ether oxygens (including phenoxy) is 1. The highest BCUT2D eigenvalue weighted by molar-refractivity contribution is 9.10. The molecule has 0 spiro atoms. The van der Waals surface area contributed by atoms with Crippen molar-refractivity contribution in [2.45, 2.75) is 5.33 Å². The fraction of sp³-hybridized carbons (Fsp3) is 0.0769. The van der Waals surface area contributed by atoms with Gasteiger partial charge in [0.25, 0.3) is 0 Å². The maximum atomic E-state index is 13.7. The van der Waals surface area contributed by atoms with Crippen LogP contribution in [0.3, 0.4) is 0 Å². The third-order valence-electron chi connectivity index (χ3n) is 2.21. The summed E-state index contributed by atoms with van der Waals surface area (Å²) in [4.78, 5) is 0. The van der Waals surface area contributed by atoms with Gasteiger partial charge in [0.1, 0.15) is 5.75 Å². The van der Waals surface area contributed by atoms with Crippen LogP contribution in [0.25, 0.3) is 0 Å². The highest BCUT2D eigenvalue weighted by Gasteiger charge is 2.10. The zero-order chi connectivity index (χ0) is 12.3. The molecule has 4 heteroatoms. The molecule has 0 amide bonds. The lowest BCUT2D eigenvalue weighted by Gasteiger charge is -2.10. The summed E-state index contributed by atoms with van der Waals surface area (Å²) in [5, 5.41) is 0.550. The number of rotatable bonds is 3. The first-order valence-corrected chi connectivity index (χ1v) is 6.89. The molecule has 0 heterocycles. The predicted octanol–water partition coefficient (Wildman–Crippen LogP) is 5.28. The molecule has 0 aliphatic carbocycles.